The molecule has 0 heterocycles. The Bertz CT molecular complexity index is 351. The van der Waals surface area contributed by atoms with Crippen molar-refractivity contribution in [1.29, 1.82) is 0 Å². The smallest absolute Gasteiger partial charge is 0.275 e. The summed E-state index contributed by atoms with van der Waals surface area (Å²) in [6.07, 6.45) is 0. The van der Waals surface area contributed by atoms with Gasteiger partial charge in [-0.3, -0.25) is 4.79 Å². The van der Waals surface area contributed by atoms with Crippen molar-refractivity contribution in [2.45, 2.75) is 6.04 Å². The SMILES string of the molecule is [NH3+]CC(=O)N[C@H](C(=O)[O-])c1ccccc1. The number of carbonyl (C=O) groups is 2. The fourth-order valence-corrected chi connectivity index (χ4v) is 1.16. The van der Waals surface area contributed by atoms with E-state index < -0.39 is 17.9 Å². The number of benzene rings is 1. The highest BCUT2D eigenvalue weighted by atomic mass is 16.4. The first-order chi connectivity index (χ1) is 7.15. The molecule has 0 aliphatic rings. The lowest BCUT2D eigenvalue weighted by atomic mass is 10.1. The van der Waals surface area contributed by atoms with E-state index in [1.54, 1.807) is 30.3 Å². The second kappa shape index (κ2) is 5.11. The molecule has 1 amide bonds. The Morgan fingerprint density at radius 2 is 1.93 bits per heavy atom. The zero-order valence-corrected chi connectivity index (χ0v) is 8.10. The topological polar surface area (TPSA) is 96.9 Å². The van der Waals surface area contributed by atoms with Crippen molar-refractivity contribution < 1.29 is 20.4 Å². The third-order valence-electron chi connectivity index (χ3n) is 1.90. The van der Waals surface area contributed by atoms with Crippen molar-refractivity contribution in [3.8, 4) is 0 Å². The third kappa shape index (κ3) is 3.07. The fraction of sp³-hybridized carbons (Fsp3) is 0.200. The van der Waals surface area contributed by atoms with E-state index in [9.17, 15) is 14.7 Å². The molecule has 4 N–H and O–H groups in total. The van der Waals surface area contributed by atoms with Crippen LogP contribution in [-0.4, -0.2) is 18.4 Å². The molecule has 0 aliphatic carbocycles. The Morgan fingerprint density at radius 1 is 1.33 bits per heavy atom. The molecule has 0 bridgehead atoms. The van der Waals surface area contributed by atoms with Crippen LogP contribution in [0.5, 0.6) is 0 Å². The van der Waals surface area contributed by atoms with Gasteiger partial charge in [-0.05, 0) is 5.56 Å². The van der Waals surface area contributed by atoms with Crippen molar-refractivity contribution in [1.82, 2.24) is 5.32 Å². The molecule has 0 saturated carbocycles. The highest BCUT2D eigenvalue weighted by Crippen LogP contribution is 2.10. The normalized spacial score (nSPS) is 11.8. The average Bonchev–Trinajstić information content (AvgIpc) is 2.26. The summed E-state index contributed by atoms with van der Waals surface area (Å²) < 4.78 is 0. The molecule has 0 fully saturated rings. The zero-order chi connectivity index (χ0) is 11.3. The molecule has 0 aliphatic heterocycles. The standard InChI is InChI=1S/C10H12N2O3/c11-6-8(13)12-9(10(14)15)7-4-2-1-3-5-7/h1-5,9H,6,11H2,(H,12,13)(H,14,15)/t9-/m0/s1. The molecule has 0 radical (unpaired) electrons. The predicted octanol–water partition coefficient (Wildman–Crippen LogP) is -2.16. The molecular formula is C10H12N2O3. The van der Waals surface area contributed by atoms with Gasteiger partial charge in [0.25, 0.3) is 5.91 Å². The lowest BCUT2D eigenvalue weighted by Crippen LogP contribution is -2.58. The Kier molecular flexibility index (Phi) is 3.82. The lowest BCUT2D eigenvalue weighted by molar-refractivity contribution is -0.355. The molecule has 1 rings (SSSR count). The number of amides is 1. The fourth-order valence-electron chi connectivity index (χ4n) is 1.16. The maximum absolute atomic E-state index is 11.0. The molecule has 0 unspecified atom stereocenters. The highest BCUT2D eigenvalue weighted by molar-refractivity contribution is 5.84. The van der Waals surface area contributed by atoms with Crippen LogP contribution in [0.4, 0.5) is 0 Å². The van der Waals surface area contributed by atoms with Crippen molar-refractivity contribution >= 4 is 11.9 Å². The molecule has 0 saturated heterocycles. The molecular weight excluding hydrogens is 196 g/mol. The largest absolute Gasteiger partial charge is 0.548 e. The third-order valence-corrected chi connectivity index (χ3v) is 1.90. The van der Waals surface area contributed by atoms with Crippen molar-refractivity contribution in [2.75, 3.05) is 6.54 Å². The van der Waals surface area contributed by atoms with Crippen LogP contribution in [0.3, 0.4) is 0 Å². The quantitative estimate of drug-likeness (QED) is 0.589. The molecule has 1 aromatic rings. The van der Waals surface area contributed by atoms with Gasteiger partial charge < -0.3 is 21.0 Å². The van der Waals surface area contributed by atoms with Crippen LogP contribution < -0.4 is 16.2 Å². The van der Waals surface area contributed by atoms with E-state index in [1.807, 2.05) is 0 Å². The monoisotopic (exact) mass is 208 g/mol. The summed E-state index contributed by atoms with van der Waals surface area (Å²) in [5, 5.41) is 13.1. The van der Waals surface area contributed by atoms with E-state index in [0.29, 0.717) is 5.56 Å². The molecule has 1 aromatic carbocycles. The van der Waals surface area contributed by atoms with Crippen LogP contribution in [0.1, 0.15) is 11.6 Å². The van der Waals surface area contributed by atoms with Crippen molar-refractivity contribution in [3.63, 3.8) is 0 Å². The minimum absolute atomic E-state index is 0.00336. The Hall–Kier alpha value is -1.88. The number of hydrogen-bond acceptors (Lipinski definition) is 3. The zero-order valence-electron chi connectivity index (χ0n) is 8.10. The Labute approximate surface area is 86.9 Å². The van der Waals surface area contributed by atoms with E-state index in [-0.39, 0.29) is 6.54 Å². The molecule has 5 heteroatoms. The van der Waals surface area contributed by atoms with Gasteiger partial charge in [-0.15, -0.1) is 0 Å². The van der Waals surface area contributed by atoms with Crippen LogP contribution in [0.2, 0.25) is 0 Å². The van der Waals surface area contributed by atoms with Gasteiger partial charge in [0.2, 0.25) is 0 Å². The Morgan fingerprint density at radius 3 is 2.40 bits per heavy atom. The summed E-state index contributed by atoms with van der Waals surface area (Å²) in [4.78, 5) is 21.8. The highest BCUT2D eigenvalue weighted by Gasteiger charge is 2.14. The first-order valence-corrected chi connectivity index (χ1v) is 4.49. The van der Waals surface area contributed by atoms with Crippen molar-refractivity contribution in [3.05, 3.63) is 35.9 Å². The number of carboxylic acid groups (broad SMARTS) is 1. The van der Waals surface area contributed by atoms with Gasteiger partial charge in [0.15, 0.2) is 6.54 Å². The van der Waals surface area contributed by atoms with Gasteiger partial charge in [-0.25, -0.2) is 0 Å². The second-order valence-electron chi connectivity index (χ2n) is 2.98. The number of hydrogen-bond donors (Lipinski definition) is 2. The number of carboxylic acids is 1. The summed E-state index contributed by atoms with van der Waals surface area (Å²) in [6.45, 7) is -0.00336. The molecule has 0 spiro atoms. The van der Waals surface area contributed by atoms with E-state index in [4.69, 9.17) is 0 Å². The number of carbonyl (C=O) groups excluding carboxylic acids is 2. The van der Waals surface area contributed by atoms with Gasteiger partial charge >= 0.3 is 0 Å². The molecule has 80 valence electrons. The minimum atomic E-state index is -1.33. The maximum atomic E-state index is 11.0. The summed E-state index contributed by atoms with van der Waals surface area (Å²) in [5.41, 5.74) is 3.85. The van der Waals surface area contributed by atoms with Gasteiger partial charge in [-0.1, -0.05) is 30.3 Å². The van der Waals surface area contributed by atoms with Crippen molar-refractivity contribution in [2.24, 2.45) is 0 Å². The average molecular weight is 208 g/mol. The summed E-state index contributed by atoms with van der Waals surface area (Å²) in [6, 6.07) is 7.27. The number of quaternary nitrogens is 1. The predicted molar refractivity (Wildman–Crippen MR) is 50.1 cm³/mol. The summed E-state index contributed by atoms with van der Waals surface area (Å²) in [5.74, 6) is -1.75. The van der Waals surface area contributed by atoms with Crippen LogP contribution in [0, 0.1) is 0 Å². The number of nitrogens with one attached hydrogen (secondary N) is 1. The molecule has 5 nitrogen and oxygen atoms in total. The summed E-state index contributed by atoms with van der Waals surface area (Å²) >= 11 is 0. The van der Waals surface area contributed by atoms with Gasteiger partial charge in [0, 0.05) is 0 Å². The minimum Gasteiger partial charge on any atom is -0.548 e. The summed E-state index contributed by atoms with van der Waals surface area (Å²) in [7, 11) is 0. The number of aliphatic carboxylic acids is 1. The maximum Gasteiger partial charge on any atom is 0.275 e. The van der Waals surface area contributed by atoms with E-state index in [2.05, 4.69) is 11.1 Å². The molecule has 15 heavy (non-hydrogen) atoms. The second-order valence-corrected chi connectivity index (χ2v) is 2.98. The van der Waals surface area contributed by atoms with Gasteiger partial charge in [0.05, 0.1) is 12.0 Å². The van der Waals surface area contributed by atoms with Crippen LogP contribution in [0.15, 0.2) is 30.3 Å². The van der Waals surface area contributed by atoms with E-state index in [1.165, 1.54) is 0 Å². The first-order valence-electron chi connectivity index (χ1n) is 4.49. The van der Waals surface area contributed by atoms with Gasteiger partial charge in [-0.2, -0.15) is 0 Å². The van der Waals surface area contributed by atoms with Gasteiger partial charge in [0.1, 0.15) is 0 Å². The first kappa shape index (κ1) is 11.2. The lowest BCUT2D eigenvalue weighted by Gasteiger charge is -2.19. The molecule has 0 aromatic heterocycles. The van der Waals surface area contributed by atoms with Crippen LogP contribution in [0.25, 0.3) is 0 Å². The van der Waals surface area contributed by atoms with Crippen LogP contribution >= 0.6 is 0 Å². The van der Waals surface area contributed by atoms with E-state index in [0.717, 1.165) is 0 Å². The van der Waals surface area contributed by atoms with E-state index >= 15 is 0 Å². The van der Waals surface area contributed by atoms with Crippen LogP contribution in [-0.2, 0) is 9.59 Å². The number of rotatable bonds is 4. The molecule has 1 atom stereocenters. The Balaban J connectivity index is 2.84.